The highest BCUT2D eigenvalue weighted by Crippen LogP contribution is 2.44. The maximum atomic E-state index is 14.7. The summed E-state index contributed by atoms with van der Waals surface area (Å²) in [5, 5.41) is 14.7. The van der Waals surface area contributed by atoms with E-state index in [1.54, 1.807) is 17.0 Å². The second-order valence-corrected chi connectivity index (χ2v) is 11.1. The number of nitrogens with zero attached hydrogens (tertiary/aromatic N) is 4. The molecule has 0 radical (unpaired) electrons. The number of aryl methyl sites for hydroxylation is 2. The number of benzene rings is 2. The highest BCUT2D eigenvalue weighted by Gasteiger charge is 2.39. The lowest BCUT2D eigenvalue weighted by atomic mass is 9.83. The number of amides is 1. The Balaban J connectivity index is 1.49. The summed E-state index contributed by atoms with van der Waals surface area (Å²) in [7, 11) is 1.42. The van der Waals surface area contributed by atoms with E-state index in [0.717, 1.165) is 52.3 Å². The van der Waals surface area contributed by atoms with Crippen molar-refractivity contribution in [1.29, 1.82) is 0 Å². The number of halogens is 1. The molecule has 2 fully saturated rings. The summed E-state index contributed by atoms with van der Waals surface area (Å²) < 4.78 is 27.4. The lowest BCUT2D eigenvalue weighted by Gasteiger charge is -2.35. The number of rotatable bonds is 5. The van der Waals surface area contributed by atoms with E-state index in [2.05, 4.69) is 27.9 Å². The van der Waals surface area contributed by atoms with E-state index in [1.807, 2.05) is 20.8 Å². The van der Waals surface area contributed by atoms with Crippen molar-refractivity contribution in [2.24, 2.45) is 0 Å². The summed E-state index contributed by atoms with van der Waals surface area (Å²) in [6.45, 7) is 5.71. The monoisotopic (exact) mass is 532 g/mol. The molecule has 0 bridgehead atoms. The van der Waals surface area contributed by atoms with Crippen LogP contribution in [0.2, 0.25) is 0 Å². The molecule has 2 aromatic heterocycles. The van der Waals surface area contributed by atoms with Gasteiger partial charge in [-0.25, -0.2) is 9.37 Å². The summed E-state index contributed by atoms with van der Waals surface area (Å²) in [5.74, 6) is 1.09. The summed E-state index contributed by atoms with van der Waals surface area (Å²) in [4.78, 5) is 20.0. The molecule has 1 amide bonds. The smallest absolute Gasteiger partial charge is 0.227 e. The quantitative estimate of drug-likeness (QED) is 0.329. The number of aromatic nitrogens is 3. The third kappa shape index (κ3) is 4.38. The number of aliphatic hydroxyl groups is 1. The molecule has 9 heteroatoms. The zero-order valence-corrected chi connectivity index (χ0v) is 22.7. The normalized spacial score (nSPS) is 23.6. The van der Waals surface area contributed by atoms with Gasteiger partial charge in [0.2, 0.25) is 5.91 Å². The maximum Gasteiger partial charge on any atom is 0.227 e. The maximum absolute atomic E-state index is 14.7. The van der Waals surface area contributed by atoms with Crippen LogP contribution < -0.4 is 9.64 Å². The Morgan fingerprint density at radius 1 is 1.13 bits per heavy atom. The zero-order valence-electron chi connectivity index (χ0n) is 22.7. The van der Waals surface area contributed by atoms with Crippen LogP contribution in [-0.2, 0) is 4.79 Å². The van der Waals surface area contributed by atoms with Crippen molar-refractivity contribution in [2.75, 3.05) is 12.0 Å². The molecule has 204 valence electrons. The molecule has 2 aliphatic rings. The predicted molar refractivity (Wildman–Crippen MR) is 145 cm³/mol. The molecule has 1 saturated carbocycles. The topological polar surface area (TPSA) is 93.6 Å². The van der Waals surface area contributed by atoms with Gasteiger partial charge < -0.3 is 23.8 Å². The van der Waals surface area contributed by atoms with Crippen LogP contribution in [0.3, 0.4) is 0 Å². The van der Waals surface area contributed by atoms with E-state index >= 15 is 0 Å². The molecular formula is C30H33FN4O4. The van der Waals surface area contributed by atoms with Crippen molar-refractivity contribution < 1.29 is 23.6 Å². The van der Waals surface area contributed by atoms with Gasteiger partial charge in [0.25, 0.3) is 0 Å². The van der Waals surface area contributed by atoms with Gasteiger partial charge in [-0.3, -0.25) is 4.79 Å². The minimum Gasteiger partial charge on any atom is -0.494 e. The molecule has 0 spiro atoms. The van der Waals surface area contributed by atoms with Crippen molar-refractivity contribution in [1.82, 2.24) is 14.7 Å². The van der Waals surface area contributed by atoms with E-state index in [9.17, 15) is 14.3 Å². The average Bonchev–Trinajstić information content (AvgIpc) is 3.57. The van der Waals surface area contributed by atoms with Crippen molar-refractivity contribution in [2.45, 2.75) is 77.0 Å². The first-order chi connectivity index (χ1) is 18.7. The van der Waals surface area contributed by atoms with Gasteiger partial charge in [0.15, 0.2) is 11.6 Å². The predicted octanol–water partition coefficient (Wildman–Crippen LogP) is 6.19. The Bertz CT molecular complexity index is 1540. The van der Waals surface area contributed by atoms with Gasteiger partial charge in [0, 0.05) is 29.8 Å². The summed E-state index contributed by atoms with van der Waals surface area (Å²) in [6, 6.07) is 10.6. The van der Waals surface area contributed by atoms with Gasteiger partial charge in [0.1, 0.15) is 11.6 Å². The number of anilines is 1. The number of carbonyl (C=O) groups is 1. The Hall–Kier alpha value is -3.72. The molecule has 39 heavy (non-hydrogen) atoms. The van der Waals surface area contributed by atoms with Gasteiger partial charge >= 0.3 is 0 Å². The van der Waals surface area contributed by atoms with Crippen LogP contribution in [0.4, 0.5) is 10.1 Å². The number of fused-ring (bicyclic) bond motifs is 1. The number of ether oxygens (including phenoxy) is 1. The van der Waals surface area contributed by atoms with Gasteiger partial charge in [-0.2, -0.15) is 0 Å². The number of carbonyl (C=O) groups excluding carboxylic acids is 1. The first-order valence-electron chi connectivity index (χ1n) is 13.5. The largest absolute Gasteiger partial charge is 0.494 e. The molecule has 6 rings (SSSR count). The van der Waals surface area contributed by atoms with Crippen LogP contribution in [0.1, 0.15) is 74.8 Å². The van der Waals surface area contributed by atoms with Crippen molar-refractivity contribution in [3.05, 3.63) is 59.5 Å². The molecule has 1 aliphatic heterocycles. The fourth-order valence-corrected chi connectivity index (χ4v) is 6.33. The molecule has 1 atom stereocenters. The van der Waals surface area contributed by atoms with Crippen molar-refractivity contribution in [3.8, 4) is 16.9 Å². The molecule has 1 unspecified atom stereocenters. The fraction of sp³-hybridized carbons (Fsp3) is 0.433. The van der Waals surface area contributed by atoms with Gasteiger partial charge in [-0.1, -0.05) is 11.2 Å². The van der Waals surface area contributed by atoms with E-state index in [0.29, 0.717) is 31.4 Å². The lowest BCUT2D eigenvalue weighted by molar-refractivity contribution is -0.117. The first-order valence-corrected chi connectivity index (χ1v) is 13.5. The Labute approximate surface area is 226 Å². The Morgan fingerprint density at radius 2 is 1.90 bits per heavy atom. The molecule has 4 aromatic rings. The Morgan fingerprint density at radius 3 is 2.56 bits per heavy atom. The second kappa shape index (κ2) is 9.48. The molecule has 2 aromatic carbocycles. The summed E-state index contributed by atoms with van der Waals surface area (Å²) >= 11 is 0. The molecule has 1 N–H and O–H groups in total. The van der Waals surface area contributed by atoms with Crippen LogP contribution in [0.25, 0.3) is 22.2 Å². The van der Waals surface area contributed by atoms with Crippen LogP contribution in [0.15, 0.2) is 40.9 Å². The minimum absolute atomic E-state index is 0.0637. The van der Waals surface area contributed by atoms with E-state index < -0.39 is 11.4 Å². The molecule has 1 aliphatic carbocycles. The standard InChI is InChI=1S/C30H33FN4O4/c1-17-28(18(2)39-33-17)19-5-7-24-23(15-19)32-29(35(24)20-11-13-30(3,37)14-12-20)25-8-10-27(36)34(25)21-6-9-26(38-4)22(31)16-21/h5-7,9,15-16,20,25,37H,8,10-14H2,1-4H3. The molecule has 1 saturated heterocycles. The van der Waals surface area contributed by atoms with E-state index in [1.165, 1.54) is 13.2 Å². The van der Waals surface area contributed by atoms with E-state index in [4.69, 9.17) is 14.2 Å². The highest BCUT2D eigenvalue weighted by molar-refractivity contribution is 5.96. The number of hydrogen-bond acceptors (Lipinski definition) is 6. The van der Waals surface area contributed by atoms with Crippen LogP contribution in [0, 0.1) is 19.7 Å². The van der Waals surface area contributed by atoms with Crippen LogP contribution in [-0.4, -0.2) is 38.4 Å². The average molecular weight is 533 g/mol. The van der Waals surface area contributed by atoms with Gasteiger partial charge in [0.05, 0.1) is 35.5 Å². The molecule has 3 heterocycles. The number of hydrogen-bond donors (Lipinski definition) is 1. The zero-order chi connectivity index (χ0) is 27.5. The van der Waals surface area contributed by atoms with E-state index in [-0.39, 0.29) is 23.7 Å². The fourth-order valence-electron chi connectivity index (χ4n) is 6.33. The van der Waals surface area contributed by atoms with Crippen molar-refractivity contribution >= 4 is 22.6 Å². The lowest BCUT2D eigenvalue weighted by Crippen LogP contribution is -2.33. The van der Waals surface area contributed by atoms with Gasteiger partial charge in [-0.15, -0.1) is 0 Å². The third-order valence-electron chi connectivity index (χ3n) is 8.36. The second-order valence-electron chi connectivity index (χ2n) is 11.1. The van der Waals surface area contributed by atoms with Crippen molar-refractivity contribution in [3.63, 3.8) is 0 Å². The van der Waals surface area contributed by atoms with Crippen LogP contribution in [0.5, 0.6) is 5.75 Å². The van der Waals surface area contributed by atoms with Gasteiger partial charge in [-0.05, 0) is 82.7 Å². The summed E-state index contributed by atoms with van der Waals surface area (Å²) in [6.07, 6.45) is 3.90. The minimum atomic E-state index is -0.681. The van der Waals surface area contributed by atoms with Crippen LogP contribution >= 0.6 is 0 Å². The summed E-state index contributed by atoms with van der Waals surface area (Å²) in [5.41, 5.74) is 4.34. The SMILES string of the molecule is COc1ccc(N2C(=O)CCC2c2nc3cc(-c4c(C)noc4C)ccc3n2C2CCC(C)(O)CC2)cc1F. The first kappa shape index (κ1) is 25.6. The molecular weight excluding hydrogens is 499 g/mol. The number of imidazole rings is 1. The highest BCUT2D eigenvalue weighted by atomic mass is 19.1. The molecule has 8 nitrogen and oxygen atoms in total. The Kier molecular flexibility index (Phi) is 6.21. The number of methoxy groups -OCH3 is 1. The third-order valence-corrected chi connectivity index (χ3v) is 8.36.